The summed E-state index contributed by atoms with van der Waals surface area (Å²) in [6.07, 6.45) is 0. The standard InChI is InChI=1S/C31H30FN3O/c1-30(2,22-13-7-5-8-14-22)24-18-25(31(3,4)23-15-9-6-10-16-23)29(36)27(19-24)35-33-26-17-11-12-21(20-32)28(26)34-35/h5-19,36H,20H2,1-4H3. The first-order chi connectivity index (χ1) is 17.2. The monoisotopic (exact) mass is 479 g/mol. The normalized spacial score (nSPS) is 12.2. The molecular weight excluding hydrogens is 449 g/mol. The lowest BCUT2D eigenvalue weighted by atomic mass is 9.72. The van der Waals surface area contributed by atoms with Gasteiger partial charge in [-0.3, -0.25) is 0 Å². The summed E-state index contributed by atoms with van der Waals surface area (Å²) in [6.45, 7) is 7.93. The first kappa shape index (κ1) is 23.7. The van der Waals surface area contributed by atoms with Gasteiger partial charge in [0.2, 0.25) is 0 Å². The van der Waals surface area contributed by atoms with Crippen molar-refractivity contribution < 1.29 is 9.50 Å². The van der Waals surface area contributed by atoms with E-state index in [2.05, 4.69) is 68.2 Å². The van der Waals surface area contributed by atoms with Crippen LogP contribution in [0.2, 0.25) is 0 Å². The van der Waals surface area contributed by atoms with E-state index in [0.29, 0.717) is 22.3 Å². The van der Waals surface area contributed by atoms with E-state index in [1.54, 1.807) is 12.1 Å². The molecule has 1 N–H and O–H groups in total. The molecule has 0 saturated heterocycles. The largest absolute Gasteiger partial charge is 0.505 e. The second-order valence-electron chi connectivity index (χ2n) is 10.3. The molecule has 0 bridgehead atoms. The molecule has 0 aliphatic heterocycles. The minimum Gasteiger partial charge on any atom is -0.505 e. The van der Waals surface area contributed by atoms with Gasteiger partial charge in [-0.1, -0.05) is 107 Å². The molecule has 4 nitrogen and oxygen atoms in total. The number of hydrogen-bond donors (Lipinski definition) is 1. The van der Waals surface area contributed by atoms with E-state index in [-0.39, 0.29) is 11.2 Å². The smallest absolute Gasteiger partial charge is 0.147 e. The van der Waals surface area contributed by atoms with Crippen molar-refractivity contribution in [1.82, 2.24) is 15.0 Å². The summed E-state index contributed by atoms with van der Waals surface area (Å²) < 4.78 is 13.6. The molecule has 0 atom stereocenters. The Labute approximate surface area is 211 Å². The Hall–Kier alpha value is -3.99. The van der Waals surface area contributed by atoms with Crippen molar-refractivity contribution in [3.8, 4) is 11.4 Å². The number of rotatable bonds is 6. The molecule has 0 unspecified atom stereocenters. The molecule has 0 spiro atoms. The number of benzene rings is 4. The molecular formula is C31H30FN3O. The highest BCUT2D eigenvalue weighted by Crippen LogP contribution is 2.43. The van der Waals surface area contributed by atoms with Crippen LogP contribution >= 0.6 is 0 Å². The molecule has 5 heteroatoms. The maximum Gasteiger partial charge on any atom is 0.147 e. The lowest BCUT2D eigenvalue weighted by Gasteiger charge is -2.32. The number of aromatic nitrogens is 3. The highest BCUT2D eigenvalue weighted by atomic mass is 19.1. The average molecular weight is 480 g/mol. The molecule has 0 aliphatic rings. The van der Waals surface area contributed by atoms with Crippen molar-refractivity contribution in [2.24, 2.45) is 0 Å². The van der Waals surface area contributed by atoms with Gasteiger partial charge in [0.05, 0.1) is 0 Å². The fourth-order valence-electron chi connectivity index (χ4n) is 4.85. The first-order valence-electron chi connectivity index (χ1n) is 12.1. The number of phenolic OH excluding ortho intramolecular Hbond substituents is 1. The maximum atomic E-state index is 13.6. The zero-order valence-electron chi connectivity index (χ0n) is 21.0. The number of aromatic hydroxyl groups is 1. The van der Waals surface area contributed by atoms with Gasteiger partial charge < -0.3 is 5.11 Å². The Bertz CT molecular complexity index is 1520. The summed E-state index contributed by atoms with van der Waals surface area (Å²) in [6, 6.07) is 29.8. The van der Waals surface area contributed by atoms with E-state index >= 15 is 0 Å². The van der Waals surface area contributed by atoms with Crippen LogP contribution < -0.4 is 0 Å². The van der Waals surface area contributed by atoms with E-state index < -0.39 is 12.1 Å². The Morgan fingerprint density at radius 3 is 1.94 bits per heavy atom. The van der Waals surface area contributed by atoms with Crippen LogP contribution in [0.25, 0.3) is 16.7 Å². The molecule has 0 aliphatic carbocycles. The second-order valence-corrected chi connectivity index (χ2v) is 10.3. The fourth-order valence-corrected chi connectivity index (χ4v) is 4.85. The third-order valence-corrected chi connectivity index (χ3v) is 7.33. The number of fused-ring (bicyclic) bond motifs is 1. The highest BCUT2D eigenvalue weighted by Gasteiger charge is 2.32. The maximum absolute atomic E-state index is 13.6. The lowest BCUT2D eigenvalue weighted by molar-refractivity contribution is 0.444. The van der Waals surface area contributed by atoms with E-state index in [1.807, 2.05) is 48.5 Å². The fraction of sp³-hybridized carbons (Fsp3) is 0.226. The van der Waals surface area contributed by atoms with Crippen molar-refractivity contribution in [3.05, 3.63) is 119 Å². The minimum absolute atomic E-state index is 0.110. The molecule has 1 aromatic heterocycles. The third-order valence-electron chi connectivity index (χ3n) is 7.33. The van der Waals surface area contributed by atoms with Crippen molar-refractivity contribution in [1.29, 1.82) is 0 Å². The molecule has 1 heterocycles. The van der Waals surface area contributed by atoms with Gasteiger partial charge in [-0.2, -0.15) is 0 Å². The van der Waals surface area contributed by atoms with Gasteiger partial charge in [0.1, 0.15) is 29.1 Å². The third kappa shape index (κ3) is 3.95. The molecule has 5 rings (SSSR count). The summed E-state index contributed by atoms with van der Waals surface area (Å²) in [7, 11) is 0. The first-order valence-corrected chi connectivity index (χ1v) is 12.1. The zero-order chi connectivity index (χ0) is 25.5. The van der Waals surface area contributed by atoms with E-state index in [4.69, 9.17) is 0 Å². The van der Waals surface area contributed by atoms with Gasteiger partial charge in [0.25, 0.3) is 0 Å². The Kier molecular flexibility index (Phi) is 5.87. The van der Waals surface area contributed by atoms with E-state index in [9.17, 15) is 9.50 Å². The number of alkyl halides is 1. The van der Waals surface area contributed by atoms with Crippen molar-refractivity contribution in [2.75, 3.05) is 0 Å². The summed E-state index contributed by atoms with van der Waals surface area (Å²) in [5.74, 6) is 0.110. The number of nitrogens with zero attached hydrogens (tertiary/aromatic N) is 3. The minimum atomic E-state index is -0.630. The number of phenols is 1. The molecule has 0 amide bonds. The summed E-state index contributed by atoms with van der Waals surface area (Å²) >= 11 is 0. The molecule has 4 aromatic carbocycles. The Morgan fingerprint density at radius 2 is 1.33 bits per heavy atom. The highest BCUT2D eigenvalue weighted by molar-refractivity contribution is 5.78. The Balaban J connectivity index is 1.78. The van der Waals surface area contributed by atoms with Crippen molar-refractivity contribution >= 4 is 11.0 Å². The molecule has 36 heavy (non-hydrogen) atoms. The predicted octanol–water partition coefficient (Wildman–Crippen LogP) is 7.25. The van der Waals surface area contributed by atoms with Gasteiger partial charge in [-0.25, -0.2) is 4.39 Å². The molecule has 0 saturated carbocycles. The van der Waals surface area contributed by atoms with Gasteiger partial charge >= 0.3 is 0 Å². The summed E-state index contributed by atoms with van der Waals surface area (Å²) in [5, 5.41) is 20.9. The zero-order valence-corrected chi connectivity index (χ0v) is 21.0. The predicted molar refractivity (Wildman–Crippen MR) is 142 cm³/mol. The van der Waals surface area contributed by atoms with Crippen LogP contribution in [0.15, 0.2) is 91.0 Å². The quantitative estimate of drug-likeness (QED) is 0.279. The van der Waals surface area contributed by atoms with Crippen LogP contribution in [-0.2, 0) is 17.5 Å². The molecule has 182 valence electrons. The lowest BCUT2D eigenvalue weighted by Crippen LogP contribution is -2.24. The topological polar surface area (TPSA) is 50.9 Å². The van der Waals surface area contributed by atoms with Gasteiger partial charge in [-0.05, 0) is 28.8 Å². The van der Waals surface area contributed by atoms with Crippen LogP contribution in [-0.4, -0.2) is 20.1 Å². The molecule has 0 fully saturated rings. The van der Waals surface area contributed by atoms with Crippen LogP contribution in [0.1, 0.15) is 55.5 Å². The van der Waals surface area contributed by atoms with Crippen LogP contribution in [0.5, 0.6) is 5.75 Å². The summed E-state index contributed by atoms with van der Waals surface area (Å²) in [5.41, 5.74) is 5.20. The number of hydrogen-bond acceptors (Lipinski definition) is 3. The van der Waals surface area contributed by atoms with E-state index in [0.717, 1.165) is 22.3 Å². The average Bonchev–Trinajstić information content (AvgIpc) is 3.34. The van der Waals surface area contributed by atoms with Gasteiger partial charge in [0.15, 0.2) is 0 Å². The number of halogens is 1. The van der Waals surface area contributed by atoms with Crippen LogP contribution in [0.4, 0.5) is 4.39 Å². The summed E-state index contributed by atoms with van der Waals surface area (Å²) in [4.78, 5) is 1.44. The van der Waals surface area contributed by atoms with Gasteiger partial charge in [0, 0.05) is 22.0 Å². The SMILES string of the molecule is CC(C)(c1ccccc1)c1cc(-n2nc3cccc(CF)c3n2)c(O)c(C(C)(C)c2ccccc2)c1. The molecule has 0 radical (unpaired) electrons. The van der Waals surface area contributed by atoms with Crippen molar-refractivity contribution in [3.63, 3.8) is 0 Å². The molecule has 5 aromatic rings. The van der Waals surface area contributed by atoms with Crippen LogP contribution in [0, 0.1) is 0 Å². The van der Waals surface area contributed by atoms with Gasteiger partial charge in [-0.15, -0.1) is 15.0 Å². The van der Waals surface area contributed by atoms with Crippen LogP contribution in [0.3, 0.4) is 0 Å². The second kappa shape index (κ2) is 8.90. The van der Waals surface area contributed by atoms with Crippen molar-refractivity contribution in [2.45, 2.75) is 45.2 Å². The van der Waals surface area contributed by atoms with E-state index in [1.165, 1.54) is 4.80 Å². The Morgan fingerprint density at radius 1 is 0.722 bits per heavy atom.